The molecule has 1 aliphatic rings. The molecule has 1 fully saturated rings. The molecule has 2 rings (SSSR count). The Labute approximate surface area is 97.9 Å². The smallest absolute Gasteiger partial charge is 0.130 e. The summed E-state index contributed by atoms with van der Waals surface area (Å²) < 4.78 is 0. The van der Waals surface area contributed by atoms with E-state index in [2.05, 4.69) is 30.3 Å². The first-order valence-corrected chi connectivity index (χ1v) is 6.30. The molecule has 1 aromatic rings. The molecule has 1 aromatic carbocycles. The predicted molar refractivity (Wildman–Crippen MR) is 66.4 cm³/mol. The average molecular weight is 216 g/mol. The summed E-state index contributed by atoms with van der Waals surface area (Å²) >= 11 is 0. The molecular weight excluding hydrogens is 196 g/mol. The first-order chi connectivity index (χ1) is 7.75. The van der Waals surface area contributed by atoms with Gasteiger partial charge in [-0.15, -0.1) is 0 Å². The van der Waals surface area contributed by atoms with Crippen molar-refractivity contribution in [1.82, 2.24) is 0 Å². The summed E-state index contributed by atoms with van der Waals surface area (Å²) in [6.07, 6.45) is 5.78. The van der Waals surface area contributed by atoms with Crippen molar-refractivity contribution in [3.63, 3.8) is 0 Å². The van der Waals surface area contributed by atoms with E-state index in [1.165, 1.54) is 31.2 Å². The predicted octanol–water partition coefficient (Wildman–Crippen LogP) is 3.94. The molecular formula is C15H20O. The molecule has 0 N–H and O–H groups in total. The van der Waals surface area contributed by atoms with Gasteiger partial charge in [-0.3, -0.25) is 0 Å². The number of ketones is 1. The van der Waals surface area contributed by atoms with Crippen molar-refractivity contribution >= 4 is 5.78 Å². The van der Waals surface area contributed by atoms with Gasteiger partial charge in [0.05, 0.1) is 0 Å². The highest BCUT2D eigenvalue weighted by molar-refractivity contribution is 5.75. The van der Waals surface area contributed by atoms with Crippen molar-refractivity contribution in [3.05, 3.63) is 35.9 Å². The molecule has 0 radical (unpaired) electrons. The van der Waals surface area contributed by atoms with E-state index in [4.69, 9.17) is 0 Å². The lowest BCUT2D eigenvalue weighted by Gasteiger charge is -2.28. The number of benzene rings is 1. The van der Waals surface area contributed by atoms with E-state index >= 15 is 0 Å². The number of Topliss-reactive ketones (excluding diaryl/α,β-unsaturated/α-hetero) is 1. The van der Waals surface area contributed by atoms with Gasteiger partial charge in [-0.05, 0) is 43.6 Å². The van der Waals surface area contributed by atoms with Crippen LogP contribution in [0.15, 0.2) is 30.3 Å². The molecule has 0 bridgehead atoms. The summed E-state index contributed by atoms with van der Waals surface area (Å²) in [5, 5.41) is 0. The third-order valence-corrected chi connectivity index (χ3v) is 3.63. The highest BCUT2D eigenvalue weighted by atomic mass is 16.1. The second-order valence-electron chi connectivity index (χ2n) is 5.05. The van der Waals surface area contributed by atoms with E-state index in [1.54, 1.807) is 6.92 Å². The molecule has 1 saturated carbocycles. The second-order valence-corrected chi connectivity index (χ2v) is 5.05. The molecule has 0 heterocycles. The first kappa shape index (κ1) is 11.4. The van der Waals surface area contributed by atoms with E-state index < -0.39 is 0 Å². The van der Waals surface area contributed by atoms with Crippen molar-refractivity contribution in [2.45, 2.75) is 44.9 Å². The standard InChI is InChI=1S/C15H20O/c1-12(16)10-13-6-5-9-15(11-13)14-7-3-2-4-8-14/h2-4,7-8,13,15H,5-6,9-11H2,1H3. The minimum atomic E-state index is 0.346. The van der Waals surface area contributed by atoms with Crippen molar-refractivity contribution in [2.75, 3.05) is 0 Å². The fourth-order valence-electron chi connectivity index (χ4n) is 2.91. The summed E-state index contributed by atoms with van der Waals surface area (Å²) in [6, 6.07) is 10.7. The van der Waals surface area contributed by atoms with E-state index in [1.807, 2.05) is 0 Å². The molecule has 86 valence electrons. The van der Waals surface area contributed by atoms with Crippen LogP contribution in [0.5, 0.6) is 0 Å². The summed E-state index contributed by atoms with van der Waals surface area (Å²) in [6.45, 7) is 1.71. The van der Waals surface area contributed by atoms with Crippen LogP contribution in [0.25, 0.3) is 0 Å². The van der Waals surface area contributed by atoms with Gasteiger partial charge < -0.3 is 4.79 Å². The van der Waals surface area contributed by atoms with Crippen LogP contribution in [0, 0.1) is 5.92 Å². The van der Waals surface area contributed by atoms with E-state index in [9.17, 15) is 4.79 Å². The Morgan fingerprint density at radius 3 is 2.69 bits per heavy atom. The van der Waals surface area contributed by atoms with Crippen LogP contribution in [0.1, 0.15) is 50.5 Å². The zero-order chi connectivity index (χ0) is 11.4. The number of carbonyl (C=O) groups excluding carboxylic acids is 1. The Hall–Kier alpha value is -1.11. The third-order valence-electron chi connectivity index (χ3n) is 3.63. The normalized spacial score (nSPS) is 25.3. The average Bonchev–Trinajstić information content (AvgIpc) is 2.30. The summed E-state index contributed by atoms with van der Waals surface area (Å²) in [4.78, 5) is 11.2. The lowest BCUT2D eigenvalue weighted by molar-refractivity contribution is -0.118. The van der Waals surface area contributed by atoms with Gasteiger partial charge in [0.1, 0.15) is 5.78 Å². The Kier molecular flexibility index (Phi) is 3.76. The summed E-state index contributed by atoms with van der Waals surface area (Å²) in [5.74, 6) is 1.65. The van der Waals surface area contributed by atoms with Gasteiger partial charge in [-0.2, -0.15) is 0 Å². The maximum Gasteiger partial charge on any atom is 0.130 e. The van der Waals surface area contributed by atoms with Gasteiger partial charge in [0.15, 0.2) is 0 Å². The van der Waals surface area contributed by atoms with Crippen LogP contribution in [0.2, 0.25) is 0 Å². The van der Waals surface area contributed by atoms with Crippen LogP contribution >= 0.6 is 0 Å². The van der Waals surface area contributed by atoms with Crippen molar-refractivity contribution in [3.8, 4) is 0 Å². The highest BCUT2D eigenvalue weighted by Gasteiger charge is 2.23. The minimum absolute atomic E-state index is 0.346. The molecule has 2 atom stereocenters. The Bertz CT molecular complexity index is 342. The van der Waals surface area contributed by atoms with E-state index in [0.717, 1.165) is 6.42 Å². The molecule has 0 aromatic heterocycles. The first-order valence-electron chi connectivity index (χ1n) is 6.30. The van der Waals surface area contributed by atoms with Gasteiger partial charge in [-0.25, -0.2) is 0 Å². The van der Waals surface area contributed by atoms with Crippen molar-refractivity contribution in [1.29, 1.82) is 0 Å². The topological polar surface area (TPSA) is 17.1 Å². The lowest BCUT2D eigenvalue weighted by atomic mass is 9.76. The zero-order valence-corrected chi connectivity index (χ0v) is 9.99. The molecule has 0 spiro atoms. The SMILES string of the molecule is CC(=O)CC1CCCC(c2ccccc2)C1. The second kappa shape index (κ2) is 5.29. The monoisotopic (exact) mass is 216 g/mol. The van der Waals surface area contributed by atoms with Crippen LogP contribution in [-0.4, -0.2) is 5.78 Å². The summed E-state index contributed by atoms with van der Waals surface area (Å²) in [7, 11) is 0. The van der Waals surface area contributed by atoms with Gasteiger partial charge >= 0.3 is 0 Å². The Balaban J connectivity index is 1.99. The van der Waals surface area contributed by atoms with E-state index in [0.29, 0.717) is 17.6 Å². The maximum absolute atomic E-state index is 11.2. The molecule has 1 heteroatoms. The van der Waals surface area contributed by atoms with Gasteiger partial charge in [-0.1, -0.05) is 36.8 Å². The lowest BCUT2D eigenvalue weighted by Crippen LogP contribution is -2.16. The van der Waals surface area contributed by atoms with E-state index in [-0.39, 0.29) is 0 Å². The largest absolute Gasteiger partial charge is 0.300 e. The zero-order valence-electron chi connectivity index (χ0n) is 9.99. The highest BCUT2D eigenvalue weighted by Crippen LogP contribution is 2.37. The molecule has 0 saturated heterocycles. The Morgan fingerprint density at radius 1 is 1.25 bits per heavy atom. The molecule has 0 amide bonds. The minimum Gasteiger partial charge on any atom is -0.300 e. The fourth-order valence-corrected chi connectivity index (χ4v) is 2.91. The third kappa shape index (κ3) is 2.94. The Morgan fingerprint density at radius 2 is 2.00 bits per heavy atom. The summed E-state index contributed by atoms with van der Waals surface area (Å²) in [5.41, 5.74) is 1.45. The van der Waals surface area contributed by atoms with Gasteiger partial charge in [0.2, 0.25) is 0 Å². The van der Waals surface area contributed by atoms with Crippen molar-refractivity contribution < 1.29 is 4.79 Å². The molecule has 2 unspecified atom stereocenters. The van der Waals surface area contributed by atoms with Crippen LogP contribution in [0.3, 0.4) is 0 Å². The van der Waals surface area contributed by atoms with Crippen LogP contribution < -0.4 is 0 Å². The van der Waals surface area contributed by atoms with Crippen LogP contribution in [-0.2, 0) is 4.79 Å². The number of rotatable bonds is 3. The molecule has 1 aliphatic carbocycles. The number of carbonyl (C=O) groups is 1. The van der Waals surface area contributed by atoms with Crippen LogP contribution in [0.4, 0.5) is 0 Å². The number of hydrogen-bond acceptors (Lipinski definition) is 1. The maximum atomic E-state index is 11.2. The molecule has 0 aliphatic heterocycles. The number of hydrogen-bond donors (Lipinski definition) is 0. The fraction of sp³-hybridized carbons (Fsp3) is 0.533. The quantitative estimate of drug-likeness (QED) is 0.748. The van der Waals surface area contributed by atoms with Crippen molar-refractivity contribution in [2.24, 2.45) is 5.92 Å². The molecule has 1 nitrogen and oxygen atoms in total. The van der Waals surface area contributed by atoms with Gasteiger partial charge in [0.25, 0.3) is 0 Å². The molecule has 16 heavy (non-hydrogen) atoms. The van der Waals surface area contributed by atoms with Gasteiger partial charge in [0, 0.05) is 6.42 Å².